The molecule has 0 aromatic heterocycles. The van der Waals surface area contributed by atoms with E-state index in [1.165, 1.54) is 11.9 Å². The summed E-state index contributed by atoms with van der Waals surface area (Å²) in [5, 5.41) is 1.88. The van der Waals surface area contributed by atoms with Gasteiger partial charge in [0.2, 0.25) is 0 Å². The van der Waals surface area contributed by atoms with Crippen molar-refractivity contribution in [2.24, 2.45) is 4.40 Å². The quantitative estimate of drug-likeness (QED) is 0.431. The zero-order valence-corrected chi connectivity index (χ0v) is 4.48. The first-order valence-corrected chi connectivity index (χ1v) is 2.76. The molecule has 7 heavy (non-hydrogen) atoms. The Kier molecular flexibility index (Phi) is 1.75. The molecule has 0 fully saturated rings. The summed E-state index contributed by atoms with van der Waals surface area (Å²) in [6.07, 6.45) is 8.19. The average Bonchev–Trinajstić information content (AvgIpc) is 1.90. The second kappa shape index (κ2) is 2.64. The molecule has 1 aliphatic rings. The van der Waals surface area contributed by atoms with Crippen molar-refractivity contribution < 1.29 is 0 Å². The number of hydrogen-bond donors (Lipinski definition) is 0. The minimum atomic E-state index is 1.41. The van der Waals surface area contributed by atoms with E-state index in [0.717, 1.165) is 0 Å². The molecular formula is C5H4NS. The van der Waals surface area contributed by atoms with E-state index in [-0.39, 0.29) is 0 Å². The van der Waals surface area contributed by atoms with E-state index in [0.29, 0.717) is 0 Å². The van der Waals surface area contributed by atoms with Crippen LogP contribution in [0.1, 0.15) is 0 Å². The van der Waals surface area contributed by atoms with E-state index in [1.54, 1.807) is 12.3 Å². The summed E-state index contributed by atoms with van der Waals surface area (Å²) >= 11 is 1.41. The van der Waals surface area contributed by atoms with Gasteiger partial charge < -0.3 is 0 Å². The minimum Gasteiger partial charge on any atom is -0.220 e. The van der Waals surface area contributed by atoms with Crippen LogP contribution in [0.3, 0.4) is 0 Å². The molecule has 0 aliphatic carbocycles. The Morgan fingerprint density at radius 1 is 1.57 bits per heavy atom. The van der Waals surface area contributed by atoms with Crippen LogP contribution in [-0.2, 0) is 0 Å². The van der Waals surface area contributed by atoms with E-state index < -0.39 is 0 Å². The summed E-state index contributed by atoms with van der Waals surface area (Å²) < 4.78 is 3.86. The van der Waals surface area contributed by atoms with Crippen molar-refractivity contribution >= 4 is 18.2 Å². The van der Waals surface area contributed by atoms with Crippen LogP contribution in [0.4, 0.5) is 0 Å². The Morgan fingerprint density at radius 2 is 2.57 bits per heavy atom. The van der Waals surface area contributed by atoms with Crippen LogP contribution < -0.4 is 0 Å². The zero-order valence-electron chi connectivity index (χ0n) is 3.66. The molecule has 1 heterocycles. The van der Waals surface area contributed by atoms with Crippen LogP contribution in [0.2, 0.25) is 0 Å². The topological polar surface area (TPSA) is 12.4 Å². The van der Waals surface area contributed by atoms with E-state index in [2.05, 4.69) is 10.5 Å². The summed E-state index contributed by atoms with van der Waals surface area (Å²) in [5.74, 6) is 0. The molecule has 0 spiro atoms. The predicted molar refractivity (Wildman–Crippen MR) is 33.0 cm³/mol. The van der Waals surface area contributed by atoms with Crippen LogP contribution in [0.5, 0.6) is 0 Å². The third-order valence-corrected chi connectivity index (χ3v) is 1.02. The van der Waals surface area contributed by atoms with Gasteiger partial charge in [-0.15, -0.1) is 0 Å². The maximum Gasteiger partial charge on any atom is 0.0361 e. The van der Waals surface area contributed by atoms with Gasteiger partial charge in [-0.2, -0.15) is 0 Å². The van der Waals surface area contributed by atoms with Gasteiger partial charge in [0, 0.05) is 18.2 Å². The van der Waals surface area contributed by atoms with Gasteiger partial charge in [0.15, 0.2) is 0 Å². The number of allylic oxidation sites excluding steroid dienone is 3. The lowest BCUT2D eigenvalue weighted by Gasteiger charge is -1.69. The first-order chi connectivity index (χ1) is 3.50. The Balaban J connectivity index is 2.60. The van der Waals surface area contributed by atoms with Crippen molar-refractivity contribution in [2.75, 3.05) is 0 Å². The van der Waals surface area contributed by atoms with Crippen molar-refractivity contribution in [3.63, 3.8) is 0 Å². The molecule has 0 aromatic carbocycles. The highest BCUT2D eigenvalue weighted by molar-refractivity contribution is 8.01. The fraction of sp³-hybridized carbons (Fsp3) is 0. The zero-order chi connectivity index (χ0) is 4.95. The molecule has 1 rings (SSSR count). The average molecular weight is 110 g/mol. The van der Waals surface area contributed by atoms with Crippen LogP contribution in [0, 0.1) is 6.08 Å². The fourth-order valence-corrected chi connectivity index (χ4v) is 0.610. The highest BCUT2D eigenvalue weighted by Gasteiger charge is 1.72. The van der Waals surface area contributed by atoms with Gasteiger partial charge in [-0.3, -0.25) is 0 Å². The van der Waals surface area contributed by atoms with Gasteiger partial charge in [0.05, 0.1) is 0 Å². The predicted octanol–water partition coefficient (Wildman–Crippen LogP) is 1.59. The van der Waals surface area contributed by atoms with Crippen LogP contribution >= 0.6 is 11.9 Å². The molecular weight excluding hydrogens is 106 g/mol. The summed E-state index contributed by atoms with van der Waals surface area (Å²) in [6.45, 7) is 0. The van der Waals surface area contributed by atoms with Gasteiger partial charge >= 0.3 is 0 Å². The van der Waals surface area contributed by atoms with Crippen LogP contribution in [0.15, 0.2) is 22.0 Å². The van der Waals surface area contributed by atoms with Gasteiger partial charge in [-0.05, 0) is 23.6 Å². The largest absolute Gasteiger partial charge is 0.220 e. The highest BCUT2D eigenvalue weighted by Crippen LogP contribution is 2.03. The van der Waals surface area contributed by atoms with Crippen LogP contribution in [0.25, 0.3) is 0 Å². The lowest BCUT2D eigenvalue weighted by molar-refractivity contribution is 1.95. The lowest BCUT2D eigenvalue weighted by atomic mass is 10.5. The summed E-state index contributed by atoms with van der Waals surface area (Å²) in [4.78, 5) is 0. The third kappa shape index (κ3) is 1.59. The molecule has 0 bridgehead atoms. The monoisotopic (exact) mass is 110 g/mol. The fourth-order valence-electron chi connectivity index (χ4n) is 0.269. The normalized spacial score (nSPS) is 17.1. The second-order valence-corrected chi connectivity index (χ2v) is 1.69. The molecule has 1 aliphatic heterocycles. The molecule has 35 valence electrons. The molecule has 1 nitrogen and oxygen atoms in total. The Labute approximate surface area is 47.0 Å². The summed E-state index contributed by atoms with van der Waals surface area (Å²) in [6, 6.07) is 0. The molecule has 2 heteroatoms. The SMILES string of the molecule is [C]1=CC=NSC=C1. The van der Waals surface area contributed by atoms with Gasteiger partial charge in [-0.1, -0.05) is 0 Å². The Bertz CT molecular complexity index is 110. The molecule has 0 amide bonds. The smallest absolute Gasteiger partial charge is 0.0361 e. The Hall–Kier alpha value is -0.500. The van der Waals surface area contributed by atoms with E-state index in [1.807, 2.05) is 11.5 Å². The molecule has 0 N–H and O–H groups in total. The third-order valence-electron chi connectivity index (χ3n) is 0.518. The van der Waals surface area contributed by atoms with Crippen molar-refractivity contribution in [1.29, 1.82) is 0 Å². The molecule has 0 saturated carbocycles. The van der Waals surface area contributed by atoms with Gasteiger partial charge in [0.1, 0.15) is 0 Å². The van der Waals surface area contributed by atoms with Crippen molar-refractivity contribution in [3.8, 4) is 0 Å². The summed E-state index contributed by atoms with van der Waals surface area (Å²) in [7, 11) is 0. The van der Waals surface area contributed by atoms with Crippen molar-refractivity contribution in [2.45, 2.75) is 0 Å². The van der Waals surface area contributed by atoms with E-state index in [4.69, 9.17) is 0 Å². The van der Waals surface area contributed by atoms with Gasteiger partial charge in [0.25, 0.3) is 0 Å². The maximum absolute atomic E-state index is 3.86. The first-order valence-electron chi connectivity index (χ1n) is 1.92. The Morgan fingerprint density at radius 3 is 3.57 bits per heavy atom. The molecule has 0 saturated heterocycles. The summed E-state index contributed by atoms with van der Waals surface area (Å²) in [5.41, 5.74) is 0. The number of rotatable bonds is 0. The molecule has 0 atom stereocenters. The molecule has 0 aromatic rings. The first kappa shape index (κ1) is 4.65. The molecule has 0 unspecified atom stereocenters. The lowest BCUT2D eigenvalue weighted by Crippen LogP contribution is -1.52. The number of nitrogens with zero attached hydrogens (tertiary/aromatic N) is 1. The minimum absolute atomic E-state index is 1.41. The van der Waals surface area contributed by atoms with Crippen LogP contribution in [-0.4, -0.2) is 6.21 Å². The van der Waals surface area contributed by atoms with Gasteiger partial charge in [-0.25, -0.2) is 4.40 Å². The maximum atomic E-state index is 3.86. The number of hydrogen-bond acceptors (Lipinski definition) is 2. The second-order valence-electron chi connectivity index (χ2n) is 0.996. The van der Waals surface area contributed by atoms with E-state index in [9.17, 15) is 0 Å². The highest BCUT2D eigenvalue weighted by atomic mass is 32.2. The van der Waals surface area contributed by atoms with Crippen molar-refractivity contribution in [3.05, 3.63) is 23.6 Å². The van der Waals surface area contributed by atoms with E-state index >= 15 is 0 Å². The van der Waals surface area contributed by atoms with Crippen molar-refractivity contribution in [1.82, 2.24) is 0 Å². The standard InChI is InChI=1S/C5H4NS/c1-2-4-6-7-5-3-1/h2-5H. The molecule has 1 radical (unpaired) electrons.